The number of benzene rings is 2. The molecule has 0 bridgehead atoms. The van der Waals surface area contributed by atoms with Gasteiger partial charge in [0.1, 0.15) is 10.9 Å². The van der Waals surface area contributed by atoms with E-state index in [1.165, 1.54) is 0 Å². The molecule has 126 valence electrons. The first-order valence-electron chi connectivity index (χ1n) is 8.50. The lowest BCUT2D eigenvalue weighted by Crippen LogP contribution is -2.28. The Hall–Kier alpha value is -2.39. The third-order valence-corrected chi connectivity index (χ3v) is 5.08. The highest BCUT2D eigenvalue weighted by Gasteiger charge is 2.26. The maximum Gasteiger partial charge on any atom is 0.169 e. The molecule has 0 saturated carbocycles. The number of Topliss-reactive ketones (excluding diaryl/α,β-unsaturated/α-hetero) is 1. The van der Waals surface area contributed by atoms with Crippen molar-refractivity contribution < 1.29 is 9.53 Å². The zero-order chi connectivity index (χ0) is 17.4. The first kappa shape index (κ1) is 16.1. The first-order chi connectivity index (χ1) is 12.2. The van der Waals surface area contributed by atoms with Gasteiger partial charge in [0.2, 0.25) is 0 Å². The maximum absolute atomic E-state index is 12.9. The van der Waals surface area contributed by atoms with Gasteiger partial charge >= 0.3 is 0 Å². The number of ether oxygens (including phenoxy) is 1. The molecule has 4 heteroatoms. The topological polar surface area (TPSA) is 39.2 Å². The van der Waals surface area contributed by atoms with Crippen molar-refractivity contribution in [3.63, 3.8) is 0 Å². The van der Waals surface area contributed by atoms with Gasteiger partial charge in [0.15, 0.2) is 5.78 Å². The molecule has 1 aliphatic rings. The fourth-order valence-electron chi connectivity index (χ4n) is 3.33. The van der Waals surface area contributed by atoms with Crippen molar-refractivity contribution in [3.05, 3.63) is 70.4 Å². The number of pyridine rings is 1. The summed E-state index contributed by atoms with van der Waals surface area (Å²) >= 11 is 6.18. The summed E-state index contributed by atoms with van der Waals surface area (Å²) in [7, 11) is 0. The molecule has 1 atom stereocenters. The zero-order valence-corrected chi connectivity index (χ0v) is 14.7. The number of aryl methyl sites for hydroxylation is 1. The number of halogens is 1. The number of hydrogen-bond donors (Lipinski definition) is 0. The highest BCUT2D eigenvalue weighted by molar-refractivity contribution is 6.30. The molecule has 25 heavy (non-hydrogen) atoms. The van der Waals surface area contributed by atoms with E-state index in [0.717, 1.165) is 34.2 Å². The Morgan fingerprint density at radius 1 is 1.24 bits per heavy atom. The van der Waals surface area contributed by atoms with E-state index < -0.39 is 0 Å². The lowest BCUT2D eigenvalue weighted by Gasteiger charge is -2.24. The number of carbonyl (C=O) groups is 1. The monoisotopic (exact) mass is 351 g/mol. The highest BCUT2D eigenvalue weighted by atomic mass is 35.5. The second-order valence-electron chi connectivity index (χ2n) is 6.38. The van der Waals surface area contributed by atoms with E-state index in [0.29, 0.717) is 23.7 Å². The largest absolute Gasteiger partial charge is 0.493 e. The van der Waals surface area contributed by atoms with Crippen molar-refractivity contribution in [2.45, 2.75) is 19.8 Å². The smallest absolute Gasteiger partial charge is 0.169 e. The molecule has 0 aliphatic carbocycles. The molecular formula is C21H18ClNO2. The number of fused-ring (bicyclic) bond motifs is 2. The van der Waals surface area contributed by atoms with Crippen molar-refractivity contribution in [2.24, 2.45) is 5.92 Å². The van der Waals surface area contributed by atoms with Gasteiger partial charge < -0.3 is 4.74 Å². The number of carbonyl (C=O) groups excluding carboxylic acids is 1. The van der Waals surface area contributed by atoms with Gasteiger partial charge in [0.05, 0.1) is 18.0 Å². The van der Waals surface area contributed by atoms with Gasteiger partial charge in [-0.3, -0.25) is 4.79 Å². The van der Waals surface area contributed by atoms with E-state index in [9.17, 15) is 4.79 Å². The molecule has 3 aromatic rings. The third-order valence-electron chi connectivity index (χ3n) is 4.76. The number of para-hydroxylation sites is 1. The Balaban J connectivity index is 1.65. The Morgan fingerprint density at radius 2 is 2.08 bits per heavy atom. The van der Waals surface area contributed by atoms with Crippen LogP contribution in [0.4, 0.5) is 0 Å². The van der Waals surface area contributed by atoms with Crippen LogP contribution in [-0.2, 0) is 12.8 Å². The second-order valence-corrected chi connectivity index (χ2v) is 6.74. The van der Waals surface area contributed by atoms with E-state index in [2.05, 4.69) is 4.98 Å². The number of aromatic nitrogens is 1. The van der Waals surface area contributed by atoms with Gasteiger partial charge in [0.25, 0.3) is 0 Å². The highest BCUT2D eigenvalue weighted by Crippen LogP contribution is 2.29. The molecule has 0 saturated heterocycles. The normalized spacial score (nSPS) is 16.3. The Labute approximate surface area is 151 Å². The summed E-state index contributed by atoms with van der Waals surface area (Å²) in [6, 6.07) is 15.5. The lowest BCUT2D eigenvalue weighted by molar-refractivity contribution is 0.0855. The molecule has 4 rings (SSSR count). The molecule has 3 nitrogen and oxygen atoms in total. The fraction of sp³-hybridized carbons (Fsp3) is 0.238. The fourth-order valence-corrected chi connectivity index (χ4v) is 3.61. The average molecular weight is 352 g/mol. The number of nitrogens with zero attached hydrogens (tertiary/aromatic N) is 1. The van der Waals surface area contributed by atoms with E-state index in [4.69, 9.17) is 16.3 Å². The molecule has 0 amide bonds. The minimum absolute atomic E-state index is 0.115. The standard InChI is InChI=1S/C21H18ClNO2/c1-2-13-9-16-11-15(7-8-18(16)23-21(13)22)20(24)17-10-14-5-3-4-6-19(14)25-12-17/h3-9,11,17H,2,10,12H2,1H3. The van der Waals surface area contributed by atoms with Crippen molar-refractivity contribution in [3.8, 4) is 5.75 Å². The van der Waals surface area contributed by atoms with Crippen LogP contribution in [0.5, 0.6) is 5.75 Å². The lowest BCUT2D eigenvalue weighted by atomic mass is 9.89. The van der Waals surface area contributed by atoms with Crippen LogP contribution in [0.25, 0.3) is 10.9 Å². The van der Waals surface area contributed by atoms with Crippen molar-refractivity contribution in [2.75, 3.05) is 6.61 Å². The Bertz CT molecular complexity index is 967. The molecular weight excluding hydrogens is 334 g/mol. The van der Waals surface area contributed by atoms with Gasteiger partial charge in [-0.25, -0.2) is 4.98 Å². The van der Waals surface area contributed by atoms with Crippen molar-refractivity contribution in [1.82, 2.24) is 4.98 Å². The molecule has 2 aromatic carbocycles. The Kier molecular flexibility index (Phi) is 4.18. The molecule has 0 fully saturated rings. The predicted molar refractivity (Wildman–Crippen MR) is 99.6 cm³/mol. The first-order valence-corrected chi connectivity index (χ1v) is 8.87. The van der Waals surface area contributed by atoms with Crippen LogP contribution >= 0.6 is 11.6 Å². The number of hydrogen-bond acceptors (Lipinski definition) is 3. The van der Waals surface area contributed by atoms with Crippen LogP contribution < -0.4 is 4.74 Å². The van der Waals surface area contributed by atoms with Gasteiger partial charge in [-0.15, -0.1) is 0 Å². The summed E-state index contributed by atoms with van der Waals surface area (Å²) in [5, 5.41) is 1.48. The van der Waals surface area contributed by atoms with Crippen LogP contribution in [0.2, 0.25) is 5.15 Å². The molecule has 0 N–H and O–H groups in total. The number of rotatable bonds is 3. The summed E-state index contributed by atoms with van der Waals surface area (Å²) in [5.41, 5.74) is 3.60. The molecule has 0 radical (unpaired) electrons. The van der Waals surface area contributed by atoms with Gasteiger partial charge in [-0.2, -0.15) is 0 Å². The minimum Gasteiger partial charge on any atom is -0.493 e. The van der Waals surface area contributed by atoms with E-state index in [1.807, 2.05) is 55.5 Å². The van der Waals surface area contributed by atoms with Crippen LogP contribution in [0.1, 0.15) is 28.4 Å². The second kappa shape index (κ2) is 6.49. The maximum atomic E-state index is 12.9. The van der Waals surface area contributed by atoms with Crippen LogP contribution in [-0.4, -0.2) is 17.4 Å². The quantitative estimate of drug-likeness (QED) is 0.498. The summed E-state index contributed by atoms with van der Waals surface area (Å²) in [4.78, 5) is 17.4. The van der Waals surface area contributed by atoms with Crippen LogP contribution in [0, 0.1) is 5.92 Å². The zero-order valence-electron chi connectivity index (χ0n) is 14.0. The van der Waals surface area contributed by atoms with E-state index >= 15 is 0 Å². The van der Waals surface area contributed by atoms with Gasteiger partial charge in [0, 0.05) is 10.9 Å². The van der Waals surface area contributed by atoms with Crippen LogP contribution in [0.15, 0.2) is 48.5 Å². The molecule has 0 spiro atoms. The molecule has 2 heterocycles. The predicted octanol–water partition coefficient (Wildman–Crippen LogP) is 4.88. The minimum atomic E-state index is -0.154. The number of ketones is 1. The molecule has 1 unspecified atom stereocenters. The SMILES string of the molecule is CCc1cc2cc(C(=O)C3COc4ccccc4C3)ccc2nc1Cl. The molecule has 1 aliphatic heterocycles. The van der Waals surface area contributed by atoms with E-state index in [-0.39, 0.29) is 11.7 Å². The summed E-state index contributed by atoms with van der Waals surface area (Å²) in [6.07, 6.45) is 1.53. The van der Waals surface area contributed by atoms with Crippen LogP contribution in [0.3, 0.4) is 0 Å². The van der Waals surface area contributed by atoms with Crippen molar-refractivity contribution in [1.29, 1.82) is 0 Å². The van der Waals surface area contributed by atoms with Crippen molar-refractivity contribution >= 4 is 28.3 Å². The summed E-state index contributed by atoms with van der Waals surface area (Å²) < 4.78 is 5.77. The Morgan fingerprint density at radius 3 is 2.92 bits per heavy atom. The molecule has 1 aromatic heterocycles. The summed E-state index contributed by atoms with van der Waals surface area (Å²) in [5.74, 6) is 0.846. The summed E-state index contributed by atoms with van der Waals surface area (Å²) in [6.45, 7) is 2.47. The average Bonchev–Trinajstić information content (AvgIpc) is 2.66. The third kappa shape index (κ3) is 3.00. The van der Waals surface area contributed by atoms with Gasteiger partial charge in [-0.05, 0) is 54.3 Å². The van der Waals surface area contributed by atoms with E-state index in [1.54, 1.807) is 0 Å². The van der Waals surface area contributed by atoms with Gasteiger partial charge in [-0.1, -0.05) is 36.7 Å².